The van der Waals surface area contributed by atoms with Gasteiger partial charge in [0.2, 0.25) is 5.91 Å². The van der Waals surface area contributed by atoms with Gasteiger partial charge in [-0.05, 0) is 36.8 Å². The molecule has 2 atom stereocenters. The molecule has 28 heavy (non-hydrogen) atoms. The SMILES string of the molecule is C[C@H](OC(=O)[C@H]1CC(=O)N(Cc2ccccc2)C1)C(=O)Nc1ccc(Cl)cc1. The van der Waals surface area contributed by atoms with Crippen LogP contribution in [0.1, 0.15) is 18.9 Å². The molecule has 146 valence electrons. The van der Waals surface area contributed by atoms with Gasteiger partial charge < -0.3 is 15.0 Å². The molecule has 0 bridgehead atoms. The first-order valence-corrected chi connectivity index (χ1v) is 9.39. The normalized spacial score (nSPS) is 17.3. The molecular weight excluding hydrogens is 380 g/mol. The van der Waals surface area contributed by atoms with Crippen molar-refractivity contribution in [1.29, 1.82) is 0 Å². The number of benzene rings is 2. The van der Waals surface area contributed by atoms with E-state index in [-0.39, 0.29) is 18.9 Å². The summed E-state index contributed by atoms with van der Waals surface area (Å²) in [5.74, 6) is -1.64. The van der Waals surface area contributed by atoms with Crippen molar-refractivity contribution < 1.29 is 19.1 Å². The molecule has 0 aliphatic carbocycles. The lowest BCUT2D eigenvalue weighted by Crippen LogP contribution is -2.33. The number of carbonyl (C=O) groups is 3. The van der Waals surface area contributed by atoms with Crippen LogP contribution in [0, 0.1) is 5.92 Å². The van der Waals surface area contributed by atoms with Crippen LogP contribution < -0.4 is 5.32 Å². The number of ether oxygens (including phenoxy) is 1. The Bertz CT molecular complexity index is 854. The maximum absolute atomic E-state index is 12.4. The third kappa shape index (κ3) is 5.10. The predicted octanol–water partition coefficient (Wildman–Crippen LogP) is 3.26. The van der Waals surface area contributed by atoms with Gasteiger partial charge in [0.1, 0.15) is 0 Å². The summed E-state index contributed by atoms with van der Waals surface area (Å²) in [4.78, 5) is 38.5. The van der Waals surface area contributed by atoms with Crippen LogP contribution in [0.2, 0.25) is 5.02 Å². The minimum Gasteiger partial charge on any atom is -0.452 e. The van der Waals surface area contributed by atoms with Crippen LogP contribution in [0.4, 0.5) is 5.69 Å². The zero-order valence-corrected chi connectivity index (χ0v) is 16.2. The molecule has 3 rings (SSSR count). The van der Waals surface area contributed by atoms with E-state index >= 15 is 0 Å². The number of hydrogen-bond acceptors (Lipinski definition) is 4. The fourth-order valence-electron chi connectivity index (χ4n) is 2.99. The molecule has 0 unspecified atom stereocenters. The largest absolute Gasteiger partial charge is 0.452 e. The van der Waals surface area contributed by atoms with E-state index in [0.29, 0.717) is 17.3 Å². The van der Waals surface area contributed by atoms with Crippen LogP contribution in [0.15, 0.2) is 54.6 Å². The summed E-state index contributed by atoms with van der Waals surface area (Å²) >= 11 is 5.81. The molecule has 0 radical (unpaired) electrons. The highest BCUT2D eigenvalue weighted by Gasteiger charge is 2.36. The summed E-state index contributed by atoms with van der Waals surface area (Å²) in [6.45, 7) is 2.25. The summed E-state index contributed by atoms with van der Waals surface area (Å²) in [5, 5.41) is 3.22. The van der Waals surface area contributed by atoms with Crippen molar-refractivity contribution in [2.24, 2.45) is 5.92 Å². The molecule has 1 saturated heterocycles. The van der Waals surface area contributed by atoms with Gasteiger partial charge in [-0.15, -0.1) is 0 Å². The van der Waals surface area contributed by atoms with E-state index in [9.17, 15) is 14.4 Å². The Balaban J connectivity index is 1.51. The predicted molar refractivity (Wildman–Crippen MR) is 106 cm³/mol. The maximum atomic E-state index is 12.4. The Morgan fingerprint density at radius 3 is 2.54 bits per heavy atom. The molecule has 0 saturated carbocycles. The van der Waals surface area contributed by atoms with Gasteiger partial charge in [0, 0.05) is 30.2 Å². The highest BCUT2D eigenvalue weighted by molar-refractivity contribution is 6.30. The molecule has 2 aromatic carbocycles. The van der Waals surface area contributed by atoms with E-state index in [4.69, 9.17) is 16.3 Å². The summed E-state index contributed by atoms with van der Waals surface area (Å²) in [5.41, 5.74) is 1.56. The first-order valence-electron chi connectivity index (χ1n) is 9.01. The molecule has 1 heterocycles. The molecule has 6 nitrogen and oxygen atoms in total. The molecule has 0 spiro atoms. The van der Waals surface area contributed by atoms with Crippen molar-refractivity contribution in [3.8, 4) is 0 Å². The first kappa shape index (κ1) is 19.9. The van der Waals surface area contributed by atoms with Gasteiger partial charge >= 0.3 is 5.97 Å². The summed E-state index contributed by atoms with van der Waals surface area (Å²) in [6.07, 6.45) is -0.876. The Labute approximate surface area is 168 Å². The van der Waals surface area contributed by atoms with Gasteiger partial charge in [-0.3, -0.25) is 14.4 Å². The van der Waals surface area contributed by atoms with Crippen molar-refractivity contribution in [3.63, 3.8) is 0 Å². The number of hydrogen-bond donors (Lipinski definition) is 1. The van der Waals surface area contributed by atoms with Crippen LogP contribution in [-0.4, -0.2) is 35.3 Å². The minimum atomic E-state index is -0.971. The second-order valence-corrected chi connectivity index (χ2v) is 7.17. The summed E-state index contributed by atoms with van der Waals surface area (Å²) in [7, 11) is 0. The molecule has 0 aromatic heterocycles. The Morgan fingerprint density at radius 1 is 1.18 bits per heavy atom. The lowest BCUT2D eigenvalue weighted by atomic mass is 10.1. The van der Waals surface area contributed by atoms with Crippen LogP contribution in [0.3, 0.4) is 0 Å². The van der Waals surface area contributed by atoms with E-state index in [1.165, 1.54) is 6.92 Å². The Hall–Kier alpha value is -2.86. The molecule has 1 N–H and O–H groups in total. The second kappa shape index (κ2) is 8.89. The number of amides is 2. The van der Waals surface area contributed by atoms with Gasteiger partial charge in [0.05, 0.1) is 5.92 Å². The van der Waals surface area contributed by atoms with Crippen LogP contribution in [-0.2, 0) is 25.7 Å². The number of carbonyl (C=O) groups excluding carboxylic acids is 3. The average Bonchev–Trinajstić information content (AvgIpc) is 3.05. The van der Waals surface area contributed by atoms with Crippen molar-refractivity contribution in [3.05, 3.63) is 65.2 Å². The lowest BCUT2D eigenvalue weighted by molar-refractivity contribution is -0.157. The van der Waals surface area contributed by atoms with E-state index in [0.717, 1.165) is 5.56 Å². The zero-order chi connectivity index (χ0) is 20.1. The highest BCUT2D eigenvalue weighted by Crippen LogP contribution is 2.22. The van der Waals surface area contributed by atoms with E-state index < -0.39 is 23.9 Å². The number of nitrogens with one attached hydrogen (secondary N) is 1. The lowest BCUT2D eigenvalue weighted by Gasteiger charge is -2.18. The molecule has 2 amide bonds. The fourth-order valence-corrected chi connectivity index (χ4v) is 3.11. The van der Waals surface area contributed by atoms with Gasteiger partial charge in [-0.1, -0.05) is 41.9 Å². The van der Waals surface area contributed by atoms with E-state index in [2.05, 4.69) is 5.32 Å². The smallest absolute Gasteiger partial charge is 0.312 e. The number of rotatable bonds is 6. The van der Waals surface area contributed by atoms with Crippen molar-refractivity contribution >= 4 is 35.1 Å². The quantitative estimate of drug-likeness (QED) is 0.755. The monoisotopic (exact) mass is 400 g/mol. The third-order valence-corrected chi connectivity index (χ3v) is 4.79. The van der Waals surface area contributed by atoms with Gasteiger partial charge in [-0.2, -0.15) is 0 Å². The van der Waals surface area contributed by atoms with Gasteiger partial charge in [0.25, 0.3) is 5.91 Å². The Morgan fingerprint density at radius 2 is 1.86 bits per heavy atom. The summed E-state index contributed by atoms with van der Waals surface area (Å²) in [6, 6.07) is 16.2. The number of esters is 1. The molecule has 1 fully saturated rings. The number of nitrogens with zero attached hydrogens (tertiary/aromatic N) is 1. The highest BCUT2D eigenvalue weighted by atomic mass is 35.5. The topological polar surface area (TPSA) is 75.7 Å². The van der Waals surface area contributed by atoms with Crippen LogP contribution >= 0.6 is 11.6 Å². The van der Waals surface area contributed by atoms with E-state index in [1.54, 1.807) is 29.2 Å². The number of anilines is 1. The standard InChI is InChI=1S/C21H21ClN2O4/c1-14(20(26)23-18-9-7-17(22)8-10-18)28-21(27)16-11-19(25)24(13-16)12-15-5-3-2-4-6-15/h2-10,14,16H,11-13H2,1H3,(H,23,26)/t14-,16-/m0/s1. The van der Waals surface area contributed by atoms with Gasteiger partial charge in [0.15, 0.2) is 6.10 Å². The summed E-state index contributed by atoms with van der Waals surface area (Å²) < 4.78 is 5.28. The van der Waals surface area contributed by atoms with Crippen molar-refractivity contribution in [2.75, 3.05) is 11.9 Å². The molecule has 2 aromatic rings. The molecule has 7 heteroatoms. The number of halogens is 1. The number of likely N-dealkylation sites (tertiary alicyclic amines) is 1. The average molecular weight is 401 g/mol. The van der Waals surface area contributed by atoms with Crippen molar-refractivity contribution in [1.82, 2.24) is 4.90 Å². The molecule has 1 aliphatic heterocycles. The molecular formula is C21H21ClN2O4. The third-order valence-electron chi connectivity index (χ3n) is 4.54. The maximum Gasteiger partial charge on any atom is 0.312 e. The van der Waals surface area contributed by atoms with Crippen LogP contribution in [0.5, 0.6) is 0 Å². The zero-order valence-electron chi connectivity index (χ0n) is 15.4. The minimum absolute atomic E-state index is 0.0935. The first-order chi connectivity index (χ1) is 13.4. The van der Waals surface area contributed by atoms with Crippen molar-refractivity contribution in [2.45, 2.75) is 26.0 Å². The Kier molecular flexibility index (Phi) is 6.31. The van der Waals surface area contributed by atoms with Gasteiger partial charge in [-0.25, -0.2) is 0 Å². The fraction of sp³-hybridized carbons (Fsp3) is 0.286. The van der Waals surface area contributed by atoms with Crippen LogP contribution in [0.25, 0.3) is 0 Å². The second-order valence-electron chi connectivity index (χ2n) is 6.74. The van der Waals surface area contributed by atoms with E-state index in [1.807, 2.05) is 30.3 Å². The molecule has 1 aliphatic rings.